The standard InChI is InChI=1S/C50H42BNO/c1-49(2,3)33-15-13-14-31(28-33)32-22-25-42-46(29-32)53-45-27-24-40-38-19-10-8-17-36(38)35-16-7-9-18-37(35)39-20-11-12-21-43(39)52-44-30-34(50(4,5)6)23-26-41(44)51(42)47(45)48(40)52/h7-30H,1-6H3. The van der Waals surface area contributed by atoms with Crippen molar-refractivity contribution in [2.45, 2.75) is 52.4 Å². The molecule has 0 aliphatic carbocycles. The molecule has 0 N–H and O–H groups in total. The van der Waals surface area contributed by atoms with Gasteiger partial charge in [0.2, 0.25) is 0 Å². The number of hydrogen-bond acceptors (Lipinski definition) is 1. The number of ether oxygens (including phenoxy) is 1. The zero-order valence-electron chi connectivity index (χ0n) is 31.3. The molecule has 3 heteroatoms. The van der Waals surface area contributed by atoms with Gasteiger partial charge in [-0.05, 0) is 101 Å². The van der Waals surface area contributed by atoms with Gasteiger partial charge in [-0.15, -0.1) is 0 Å². The summed E-state index contributed by atoms with van der Waals surface area (Å²) in [6.07, 6.45) is 0. The van der Waals surface area contributed by atoms with Crippen LogP contribution in [0.4, 0.5) is 0 Å². The third-order valence-electron chi connectivity index (χ3n) is 11.6. The normalized spacial score (nSPS) is 13.2. The molecule has 0 spiro atoms. The third kappa shape index (κ3) is 4.87. The zero-order chi connectivity index (χ0) is 36.2. The molecule has 0 bridgehead atoms. The first kappa shape index (κ1) is 31.9. The van der Waals surface area contributed by atoms with Gasteiger partial charge in [-0.1, -0.05) is 157 Å². The maximum Gasteiger partial charge on any atom is 0.256 e. The maximum atomic E-state index is 7.06. The van der Waals surface area contributed by atoms with Crippen molar-refractivity contribution >= 4 is 66.5 Å². The van der Waals surface area contributed by atoms with Crippen molar-refractivity contribution in [3.63, 3.8) is 0 Å². The van der Waals surface area contributed by atoms with Crippen LogP contribution < -0.4 is 21.1 Å². The summed E-state index contributed by atoms with van der Waals surface area (Å²) >= 11 is 0. The average molecular weight is 684 g/mol. The number of para-hydroxylation sites is 1. The summed E-state index contributed by atoms with van der Waals surface area (Å²) in [5, 5.41) is 7.37. The van der Waals surface area contributed by atoms with Gasteiger partial charge in [-0.2, -0.15) is 0 Å². The van der Waals surface area contributed by atoms with Crippen LogP contribution >= 0.6 is 0 Å². The molecule has 0 atom stereocenters. The topological polar surface area (TPSA) is 14.2 Å². The lowest BCUT2D eigenvalue weighted by molar-refractivity contribution is 0.488. The largest absolute Gasteiger partial charge is 0.458 e. The van der Waals surface area contributed by atoms with Crippen LogP contribution in [0.25, 0.3) is 60.2 Å². The molecular formula is C50H42BNO. The Balaban J connectivity index is 1.38. The van der Waals surface area contributed by atoms with Crippen molar-refractivity contribution in [1.82, 2.24) is 4.57 Å². The molecule has 0 unspecified atom stereocenters. The van der Waals surface area contributed by atoms with Gasteiger partial charge in [-0.25, -0.2) is 0 Å². The second kappa shape index (κ2) is 11.4. The second-order valence-corrected chi connectivity index (χ2v) is 17.0. The van der Waals surface area contributed by atoms with Crippen molar-refractivity contribution < 1.29 is 4.74 Å². The Bertz CT molecular complexity index is 2900. The van der Waals surface area contributed by atoms with Gasteiger partial charge >= 0.3 is 0 Å². The smallest absolute Gasteiger partial charge is 0.256 e. The van der Waals surface area contributed by atoms with Crippen LogP contribution in [0.3, 0.4) is 0 Å². The quantitative estimate of drug-likeness (QED) is 0.157. The number of fused-ring (bicyclic) bond motifs is 12. The van der Waals surface area contributed by atoms with Crippen LogP contribution in [0.2, 0.25) is 0 Å². The lowest BCUT2D eigenvalue weighted by Crippen LogP contribution is -2.58. The molecule has 3 heterocycles. The van der Waals surface area contributed by atoms with Crippen LogP contribution in [0.5, 0.6) is 11.5 Å². The minimum Gasteiger partial charge on any atom is -0.458 e. The molecule has 53 heavy (non-hydrogen) atoms. The van der Waals surface area contributed by atoms with E-state index in [1.54, 1.807) is 0 Å². The Morgan fingerprint density at radius 3 is 1.74 bits per heavy atom. The Hall–Kier alpha value is -5.80. The predicted molar refractivity (Wildman–Crippen MR) is 227 cm³/mol. The van der Waals surface area contributed by atoms with Gasteiger partial charge in [0, 0.05) is 16.5 Å². The summed E-state index contributed by atoms with van der Waals surface area (Å²) in [7, 11) is 0. The minimum absolute atomic E-state index is 0.00128. The molecule has 1 aromatic heterocycles. The zero-order valence-corrected chi connectivity index (χ0v) is 31.3. The van der Waals surface area contributed by atoms with E-state index in [1.165, 1.54) is 87.7 Å². The monoisotopic (exact) mass is 683 g/mol. The summed E-state index contributed by atoms with van der Waals surface area (Å²) in [5.74, 6) is 1.85. The molecule has 2 aliphatic rings. The lowest BCUT2D eigenvalue weighted by Gasteiger charge is -2.35. The lowest BCUT2D eigenvalue weighted by atomic mass is 9.34. The highest BCUT2D eigenvalue weighted by Gasteiger charge is 2.40. The fraction of sp³-hybridized carbons (Fsp3) is 0.160. The average Bonchev–Trinajstić information content (AvgIpc) is 3.20. The van der Waals surface area contributed by atoms with Gasteiger partial charge in [0.05, 0.1) is 11.0 Å². The van der Waals surface area contributed by atoms with Crippen molar-refractivity contribution in [2.75, 3.05) is 0 Å². The van der Waals surface area contributed by atoms with Crippen LogP contribution in [0, 0.1) is 0 Å². The number of rotatable bonds is 1. The molecule has 0 amide bonds. The minimum atomic E-state index is -0.0254. The van der Waals surface area contributed by atoms with E-state index in [0.717, 1.165) is 11.5 Å². The highest BCUT2D eigenvalue weighted by atomic mass is 16.5. The molecule has 2 aliphatic heterocycles. The van der Waals surface area contributed by atoms with E-state index in [4.69, 9.17) is 4.74 Å². The Labute approximate surface area is 312 Å². The molecule has 0 fully saturated rings. The summed E-state index contributed by atoms with van der Waals surface area (Å²) in [4.78, 5) is 0. The fourth-order valence-corrected chi connectivity index (χ4v) is 8.84. The first-order valence-corrected chi connectivity index (χ1v) is 18.9. The maximum absolute atomic E-state index is 7.06. The number of hydrogen-bond donors (Lipinski definition) is 0. The van der Waals surface area contributed by atoms with Crippen molar-refractivity contribution in [3.05, 3.63) is 157 Å². The first-order chi connectivity index (χ1) is 25.6. The molecule has 0 saturated heterocycles. The number of benzene rings is 7. The van der Waals surface area contributed by atoms with Crippen molar-refractivity contribution in [3.8, 4) is 28.3 Å². The molecular weight excluding hydrogens is 641 g/mol. The molecule has 10 rings (SSSR count). The van der Waals surface area contributed by atoms with Gasteiger partial charge < -0.3 is 9.30 Å². The van der Waals surface area contributed by atoms with E-state index in [0.29, 0.717) is 0 Å². The van der Waals surface area contributed by atoms with E-state index in [2.05, 4.69) is 192 Å². The number of nitrogens with zero attached hydrogens (tertiary/aromatic N) is 1. The van der Waals surface area contributed by atoms with Gasteiger partial charge in [0.1, 0.15) is 11.5 Å². The summed E-state index contributed by atoms with van der Waals surface area (Å²) in [6, 6.07) is 54.3. The van der Waals surface area contributed by atoms with Gasteiger partial charge in [0.15, 0.2) is 0 Å². The second-order valence-electron chi connectivity index (χ2n) is 17.0. The van der Waals surface area contributed by atoms with Gasteiger partial charge in [0.25, 0.3) is 6.71 Å². The van der Waals surface area contributed by atoms with Crippen molar-refractivity contribution in [2.24, 2.45) is 0 Å². The van der Waals surface area contributed by atoms with Crippen LogP contribution in [-0.4, -0.2) is 11.3 Å². The Morgan fingerprint density at radius 2 is 1.04 bits per heavy atom. The third-order valence-corrected chi connectivity index (χ3v) is 11.6. The number of aromatic nitrogens is 1. The Kier molecular flexibility index (Phi) is 6.83. The molecule has 7 aromatic carbocycles. The van der Waals surface area contributed by atoms with E-state index >= 15 is 0 Å². The molecule has 0 saturated carbocycles. The molecule has 2 nitrogen and oxygen atoms in total. The van der Waals surface area contributed by atoms with Crippen molar-refractivity contribution in [1.29, 1.82) is 0 Å². The summed E-state index contributed by atoms with van der Waals surface area (Å²) in [5.41, 5.74) is 12.4. The molecule has 0 radical (unpaired) electrons. The fourth-order valence-electron chi connectivity index (χ4n) is 8.84. The highest BCUT2D eigenvalue weighted by molar-refractivity contribution is 6.99. The van der Waals surface area contributed by atoms with Crippen LogP contribution in [0.1, 0.15) is 52.7 Å². The first-order valence-electron chi connectivity index (χ1n) is 18.9. The summed E-state index contributed by atoms with van der Waals surface area (Å²) < 4.78 is 9.62. The van der Waals surface area contributed by atoms with E-state index < -0.39 is 0 Å². The van der Waals surface area contributed by atoms with E-state index in [9.17, 15) is 0 Å². The predicted octanol–water partition coefficient (Wildman–Crippen LogP) is 11.4. The molecule has 256 valence electrons. The van der Waals surface area contributed by atoms with E-state index in [1.807, 2.05) is 0 Å². The van der Waals surface area contributed by atoms with Crippen LogP contribution in [-0.2, 0) is 10.8 Å². The highest BCUT2D eigenvalue weighted by Crippen LogP contribution is 2.40. The van der Waals surface area contributed by atoms with Crippen LogP contribution in [0.15, 0.2) is 146 Å². The SMILES string of the molecule is CC(C)(C)c1cccc(-c2ccc3c(c2)Oc2ccc4c5ccccc5c5ccccc5c5ccccc5n5c4c2B3c2ccc(C(C)(C)C)cc2-5)c1. The van der Waals surface area contributed by atoms with Gasteiger partial charge in [-0.3, -0.25) is 0 Å². The molecule has 8 aromatic rings. The summed E-state index contributed by atoms with van der Waals surface area (Å²) in [6.45, 7) is 13.8. The van der Waals surface area contributed by atoms with E-state index in [-0.39, 0.29) is 17.5 Å². The Morgan fingerprint density at radius 1 is 0.453 bits per heavy atom.